The van der Waals surface area contributed by atoms with Crippen molar-refractivity contribution in [3.05, 3.63) is 82.7 Å². The van der Waals surface area contributed by atoms with Gasteiger partial charge in [-0.25, -0.2) is 8.42 Å². The average molecular weight is 507 g/mol. The number of aromatic nitrogens is 1. The lowest BCUT2D eigenvalue weighted by Crippen LogP contribution is -2.53. The highest BCUT2D eigenvalue weighted by atomic mass is 32.2. The molecule has 1 unspecified atom stereocenters. The molecule has 1 aliphatic rings. The summed E-state index contributed by atoms with van der Waals surface area (Å²) in [7, 11) is -4.19. The summed E-state index contributed by atoms with van der Waals surface area (Å²) >= 11 is 0. The molecule has 1 aromatic heterocycles. The summed E-state index contributed by atoms with van der Waals surface area (Å²) < 4.78 is 29.6. The molecular formula is C27H30N4O4S. The highest BCUT2D eigenvalue weighted by Gasteiger charge is 2.43. The number of hydrogen-bond acceptors (Lipinski definition) is 5. The second-order valence-corrected chi connectivity index (χ2v) is 10.8. The van der Waals surface area contributed by atoms with E-state index in [2.05, 4.69) is 15.6 Å². The van der Waals surface area contributed by atoms with Crippen molar-refractivity contribution < 1.29 is 18.0 Å². The quantitative estimate of drug-likeness (QED) is 0.509. The highest BCUT2D eigenvalue weighted by molar-refractivity contribution is 7.93. The molecule has 1 aliphatic heterocycles. The summed E-state index contributed by atoms with van der Waals surface area (Å²) in [6.07, 6.45) is 3.65. The second kappa shape index (κ2) is 10.1. The number of carbonyl (C=O) groups is 2. The monoisotopic (exact) mass is 506 g/mol. The Labute approximate surface area is 211 Å². The van der Waals surface area contributed by atoms with Crippen molar-refractivity contribution >= 4 is 33.2 Å². The number of nitrogens with zero attached hydrogens (tertiary/aromatic N) is 2. The van der Waals surface area contributed by atoms with Crippen molar-refractivity contribution in [3.8, 4) is 0 Å². The van der Waals surface area contributed by atoms with E-state index in [1.807, 2.05) is 32.0 Å². The number of aryl methyl sites for hydroxylation is 2. The Morgan fingerprint density at radius 3 is 2.33 bits per heavy atom. The maximum absolute atomic E-state index is 14.2. The van der Waals surface area contributed by atoms with E-state index in [-0.39, 0.29) is 11.3 Å². The summed E-state index contributed by atoms with van der Waals surface area (Å²) in [4.78, 5) is 30.2. The van der Waals surface area contributed by atoms with E-state index >= 15 is 0 Å². The fourth-order valence-corrected chi connectivity index (χ4v) is 6.76. The molecule has 0 aliphatic carbocycles. The Hall–Kier alpha value is -3.72. The number of fused-ring (bicyclic) bond motifs is 1. The van der Waals surface area contributed by atoms with E-state index in [9.17, 15) is 18.0 Å². The minimum Gasteiger partial charge on any atom is -0.356 e. The van der Waals surface area contributed by atoms with Crippen molar-refractivity contribution in [2.75, 3.05) is 16.2 Å². The minimum absolute atomic E-state index is 0.174. The summed E-state index contributed by atoms with van der Waals surface area (Å²) in [5, 5.41) is 5.59. The number of nitrogens with one attached hydrogen (secondary N) is 2. The van der Waals surface area contributed by atoms with Crippen LogP contribution in [0.3, 0.4) is 0 Å². The number of para-hydroxylation sites is 2. The van der Waals surface area contributed by atoms with Gasteiger partial charge in [-0.15, -0.1) is 0 Å². The molecule has 0 radical (unpaired) electrons. The van der Waals surface area contributed by atoms with Crippen LogP contribution in [0.25, 0.3) is 0 Å². The molecule has 2 N–H and O–H groups in total. The first-order valence-corrected chi connectivity index (χ1v) is 13.2. The summed E-state index contributed by atoms with van der Waals surface area (Å²) in [5.41, 5.74) is 4.68. The number of rotatable bonds is 7. The molecule has 3 aromatic rings. The smallest absolute Gasteiger partial charge is 0.265 e. The highest BCUT2D eigenvalue weighted by Crippen LogP contribution is 2.39. The van der Waals surface area contributed by atoms with E-state index in [0.29, 0.717) is 35.5 Å². The first-order chi connectivity index (χ1) is 17.1. The Morgan fingerprint density at radius 2 is 1.67 bits per heavy atom. The fraction of sp³-hybridized carbons (Fsp3) is 0.296. The van der Waals surface area contributed by atoms with Gasteiger partial charge in [0, 0.05) is 18.9 Å². The number of carbonyl (C=O) groups excluding carboxylic acids is 2. The second-order valence-electron chi connectivity index (χ2n) is 9.07. The van der Waals surface area contributed by atoms with Gasteiger partial charge < -0.3 is 10.6 Å². The molecular weight excluding hydrogens is 476 g/mol. The molecule has 2 amide bonds. The molecule has 0 bridgehead atoms. The van der Waals surface area contributed by atoms with Gasteiger partial charge in [0.05, 0.1) is 22.7 Å². The normalized spacial score (nSPS) is 15.3. The van der Waals surface area contributed by atoms with Gasteiger partial charge in [-0.2, -0.15) is 0 Å². The number of amides is 2. The fourth-order valence-electron chi connectivity index (χ4n) is 4.54. The van der Waals surface area contributed by atoms with Gasteiger partial charge in [0.2, 0.25) is 11.8 Å². The van der Waals surface area contributed by atoms with Gasteiger partial charge in [-0.05, 0) is 86.2 Å². The van der Waals surface area contributed by atoms with Crippen LogP contribution in [-0.4, -0.2) is 37.8 Å². The van der Waals surface area contributed by atoms with Crippen LogP contribution in [0.2, 0.25) is 0 Å². The van der Waals surface area contributed by atoms with Crippen LogP contribution in [0.4, 0.5) is 11.4 Å². The number of hydrogen-bond donors (Lipinski definition) is 2. The molecule has 0 saturated carbocycles. The van der Waals surface area contributed by atoms with Crippen molar-refractivity contribution in [2.24, 2.45) is 0 Å². The van der Waals surface area contributed by atoms with Gasteiger partial charge in [-0.3, -0.25) is 18.9 Å². The summed E-state index contributed by atoms with van der Waals surface area (Å²) in [6, 6.07) is 11.2. The summed E-state index contributed by atoms with van der Waals surface area (Å²) in [6.45, 7) is 7.63. The zero-order valence-electron chi connectivity index (χ0n) is 20.8. The average Bonchev–Trinajstić information content (AvgIpc) is 2.83. The Balaban J connectivity index is 1.69. The predicted octanol–water partition coefficient (Wildman–Crippen LogP) is 3.58. The zero-order chi connectivity index (χ0) is 26.0. The summed E-state index contributed by atoms with van der Waals surface area (Å²) in [5.74, 6) is -0.945. The minimum atomic E-state index is -4.19. The molecule has 2 aromatic carbocycles. The van der Waals surface area contributed by atoms with E-state index in [1.165, 1.54) is 0 Å². The Kier molecular flexibility index (Phi) is 7.12. The predicted molar refractivity (Wildman–Crippen MR) is 139 cm³/mol. The third-order valence-electron chi connectivity index (χ3n) is 6.66. The zero-order valence-corrected chi connectivity index (χ0v) is 21.6. The van der Waals surface area contributed by atoms with E-state index in [1.54, 1.807) is 50.5 Å². The number of pyridine rings is 1. The molecule has 0 saturated heterocycles. The molecule has 1 atom stereocenters. The molecule has 36 heavy (non-hydrogen) atoms. The first-order valence-electron chi connectivity index (χ1n) is 11.8. The molecule has 0 fully saturated rings. The Morgan fingerprint density at radius 1 is 1.03 bits per heavy atom. The van der Waals surface area contributed by atoms with Crippen LogP contribution in [0.5, 0.6) is 0 Å². The lowest BCUT2D eigenvalue weighted by Gasteiger charge is -2.37. The number of benzene rings is 2. The van der Waals surface area contributed by atoms with Gasteiger partial charge in [-0.1, -0.05) is 18.2 Å². The Bertz CT molecular complexity index is 1390. The molecule has 188 valence electrons. The van der Waals surface area contributed by atoms with Crippen molar-refractivity contribution in [2.45, 2.75) is 51.5 Å². The third kappa shape index (κ3) is 4.83. The SMILES string of the molecule is Cc1cc(C)c(C)c(S(=O)(=O)N2c3ccccc3NC(=O)C2CC(=O)NCCc2ccncc2)c1C. The molecule has 9 heteroatoms. The molecule has 4 rings (SSSR count). The van der Waals surface area contributed by atoms with Gasteiger partial charge in [0.25, 0.3) is 10.0 Å². The standard InChI is InChI=1S/C27H30N4O4S/c1-17-15-18(2)20(4)26(19(17)3)36(34,35)31-23-8-6-5-7-22(23)30-27(33)24(31)16-25(32)29-14-11-21-9-12-28-13-10-21/h5-10,12-13,15,24H,11,14,16H2,1-4H3,(H,29,32)(H,30,33). The van der Waals surface area contributed by atoms with E-state index < -0.39 is 27.9 Å². The van der Waals surface area contributed by atoms with Gasteiger partial charge >= 0.3 is 0 Å². The van der Waals surface area contributed by atoms with Gasteiger partial charge in [0.15, 0.2) is 0 Å². The van der Waals surface area contributed by atoms with Crippen LogP contribution < -0.4 is 14.9 Å². The maximum atomic E-state index is 14.2. The van der Waals surface area contributed by atoms with Crippen molar-refractivity contribution in [1.29, 1.82) is 0 Å². The van der Waals surface area contributed by atoms with Crippen LogP contribution >= 0.6 is 0 Å². The van der Waals surface area contributed by atoms with Crippen LogP contribution in [-0.2, 0) is 26.0 Å². The molecule has 0 spiro atoms. The third-order valence-corrected chi connectivity index (χ3v) is 8.76. The number of sulfonamides is 1. The first kappa shape index (κ1) is 25.4. The van der Waals surface area contributed by atoms with E-state index in [4.69, 9.17) is 0 Å². The molecule has 8 nitrogen and oxygen atoms in total. The van der Waals surface area contributed by atoms with Gasteiger partial charge in [0.1, 0.15) is 6.04 Å². The van der Waals surface area contributed by atoms with E-state index in [0.717, 1.165) is 21.0 Å². The van der Waals surface area contributed by atoms with Crippen LogP contribution in [0.15, 0.2) is 59.8 Å². The maximum Gasteiger partial charge on any atom is 0.265 e. The number of anilines is 2. The topological polar surface area (TPSA) is 108 Å². The lowest BCUT2D eigenvalue weighted by molar-refractivity contribution is -0.125. The van der Waals surface area contributed by atoms with Crippen molar-refractivity contribution in [1.82, 2.24) is 10.3 Å². The molecule has 2 heterocycles. The van der Waals surface area contributed by atoms with Crippen LogP contribution in [0, 0.1) is 27.7 Å². The lowest BCUT2D eigenvalue weighted by atomic mass is 10.0. The largest absolute Gasteiger partial charge is 0.356 e. The van der Waals surface area contributed by atoms with Crippen LogP contribution in [0.1, 0.15) is 34.2 Å². The van der Waals surface area contributed by atoms with Crippen molar-refractivity contribution in [3.63, 3.8) is 0 Å².